The van der Waals surface area contributed by atoms with E-state index in [-0.39, 0.29) is 11.9 Å². The number of nitrogens with zero attached hydrogens (tertiary/aromatic N) is 5. The summed E-state index contributed by atoms with van der Waals surface area (Å²) in [6.45, 7) is 10.2. The maximum atomic E-state index is 14.3. The Morgan fingerprint density at radius 1 is 1.15 bits per heavy atom. The SMILES string of the molecule is Cc1cncc2c1c(CC1CN(CC3CCN(S(C)(=O)=O)CC3)C1)cn2-c1ccc(F)cc1C(=O)N(C)C(C)C. The fourth-order valence-corrected chi connectivity index (χ4v) is 7.04. The topological polar surface area (TPSA) is 78.8 Å². The average Bonchev–Trinajstić information content (AvgIpc) is 3.25. The molecule has 0 aliphatic carbocycles. The van der Waals surface area contributed by atoms with Gasteiger partial charge in [-0.25, -0.2) is 17.1 Å². The first-order valence-electron chi connectivity index (χ1n) is 14.1. The van der Waals surface area contributed by atoms with Crippen LogP contribution in [0.1, 0.15) is 48.2 Å². The summed E-state index contributed by atoms with van der Waals surface area (Å²) >= 11 is 0. The minimum atomic E-state index is -3.10. The van der Waals surface area contributed by atoms with Gasteiger partial charge in [0.05, 0.1) is 29.2 Å². The summed E-state index contributed by atoms with van der Waals surface area (Å²) in [6.07, 6.45) is 9.83. The molecule has 0 unspecified atom stereocenters. The van der Waals surface area contributed by atoms with Gasteiger partial charge < -0.3 is 14.4 Å². The molecule has 2 saturated heterocycles. The molecule has 40 heavy (non-hydrogen) atoms. The second-order valence-corrected chi connectivity index (χ2v) is 13.9. The molecule has 2 aliphatic rings. The quantitative estimate of drug-likeness (QED) is 0.408. The van der Waals surface area contributed by atoms with Gasteiger partial charge >= 0.3 is 0 Å². The molecular weight excluding hydrogens is 529 g/mol. The van der Waals surface area contributed by atoms with E-state index in [1.54, 1.807) is 22.3 Å². The maximum absolute atomic E-state index is 14.3. The van der Waals surface area contributed by atoms with Crippen molar-refractivity contribution in [2.24, 2.45) is 11.8 Å². The third-order valence-electron chi connectivity index (χ3n) is 8.62. The van der Waals surface area contributed by atoms with E-state index >= 15 is 0 Å². The van der Waals surface area contributed by atoms with Crippen LogP contribution in [0.2, 0.25) is 0 Å². The summed E-state index contributed by atoms with van der Waals surface area (Å²) in [7, 11) is -1.36. The Hall–Kier alpha value is -2.82. The van der Waals surface area contributed by atoms with Crippen molar-refractivity contribution in [1.82, 2.24) is 23.7 Å². The van der Waals surface area contributed by atoms with Crippen LogP contribution in [-0.2, 0) is 16.4 Å². The van der Waals surface area contributed by atoms with Crippen molar-refractivity contribution < 1.29 is 17.6 Å². The van der Waals surface area contributed by atoms with E-state index in [0.717, 1.165) is 55.4 Å². The molecule has 0 saturated carbocycles. The van der Waals surface area contributed by atoms with Gasteiger partial charge in [0.25, 0.3) is 5.91 Å². The Bertz CT molecular complexity index is 1510. The Morgan fingerprint density at radius 2 is 1.85 bits per heavy atom. The highest BCUT2D eigenvalue weighted by molar-refractivity contribution is 7.88. The van der Waals surface area contributed by atoms with E-state index in [4.69, 9.17) is 0 Å². The molecule has 2 aliphatic heterocycles. The lowest BCUT2D eigenvalue weighted by atomic mass is 9.89. The van der Waals surface area contributed by atoms with Crippen molar-refractivity contribution in [2.45, 2.75) is 46.1 Å². The number of aromatic nitrogens is 2. The Kier molecular flexibility index (Phi) is 8.05. The highest BCUT2D eigenvalue weighted by Crippen LogP contribution is 2.33. The van der Waals surface area contributed by atoms with Crippen molar-refractivity contribution in [1.29, 1.82) is 0 Å². The number of sulfonamides is 1. The summed E-state index contributed by atoms with van der Waals surface area (Å²) in [6, 6.07) is 4.40. The Balaban J connectivity index is 1.33. The van der Waals surface area contributed by atoms with Crippen molar-refractivity contribution in [3.8, 4) is 5.69 Å². The van der Waals surface area contributed by atoms with Crippen LogP contribution in [0.3, 0.4) is 0 Å². The van der Waals surface area contributed by atoms with Gasteiger partial charge in [-0.05, 0) is 81.2 Å². The van der Waals surface area contributed by atoms with Crippen LogP contribution in [-0.4, -0.2) is 90.1 Å². The van der Waals surface area contributed by atoms with Gasteiger partial charge in [0, 0.05) is 63.6 Å². The van der Waals surface area contributed by atoms with Gasteiger partial charge in [0.15, 0.2) is 0 Å². The number of rotatable bonds is 8. The van der Waals surface area contributed by atoms with E-state index in [1.165, 1.54) is 24.0 Å². The summed E-state index contributed by atoms with van der Waals surface area (Å²) in [5.41, 5.74) is 4.18. The van der Waals surface area contributed by atoms with Crippen LogP contribution in [0.15, 0.2) is 36.8 Å². The number of pyridine rings is 1. The molecule has 10 heteroatoms. The molecule has 5 rings (SSSR count). The zero-order valence-corrected chi connectivity index (χ0v) is 24.9. The number of benzene rings is 1. The minimum absolute atomic E-state index is 0.0155. The number of hydrogen-bond acceptors (Lipinski definition) is 5. The number of likely N-dealkylation sites (tertiary alicyclic amines) is 1. The molecule has 0 radical (unpaired) electrons. The normalized spacial score (nSPS) is 18.0. The number of amides is 1. The van der Waals surface area contributed by atoms with Crippen LogP contribution < -0.4 is 0 Å². The highest BCUT2D eigenvalue weighted by Gasteiger charge is 2.32. The number of aryl methyl sites for hydroxylation is 1. The van der Waals surface area contributed by atoms with E-state index in [2.05, 4.69) is 23.0 Å². The fraction of sp³-hybridized carbons (Fsp3) is 0.533. The number of carbonyl (C=O) groups is 1. The predicted molar refractivity (Wildman–Crippen MR) is 156 cm³/mol. The first-order chi connectivity index (χ1) is 18.9. The van der Waals surface area contributed by atoms with Gasteiger partial charge in [-0.1, -0.05) is 0 Å². The number of hydrogen-bond donors (Lipinski definition) is 0. The van der Waals surface area contributed by atoms with Crippen molar-refractivity contribution in [3.05, 3.63) is 59.3 Å². The molecule has 1 aromatic carbocycles. The molecular formula is C30H40FN5O3S. The van der Waals surface area contributed by atoms with E-state index in [0.29, 0.717) is 36.2 Å². The summed E-state index contributed by atoms with van der Waals surface area (Å²) in [5.74, 6) is 0.397. The second-order valence-electron chi connectivity index (χ2n) is 11.9. The molecule has 3 aromatic rings. The number of carbonyl (C=O) groups excluding carboxylic acids is 1. The average molecular weight is 570 g/mol. The lowest BCUT2D eigenvalue weighted by Crippen LogP contribution is -2.50. The zero-order chi connectivity index (χ0) is 28.8. The fourth-order valence-electron chi connectivity index (χ4n) is 6.16. The van der Waals surface area contributed by atoms with Crippen LogP contribution in [0, 0.1) is 24.6 Å². The van der Waals surface area contributed by atoms with Crippen molar-refractivity contribution in [2.75, 3.05) is 46.0 Å². The molecule has 0 spiro atoms. The minimum Gasteiger partial charge on any atom is -0.339 e. The van der Waals surface area contributed by atoms with Crippen LogP contribution in [0.5, 0.6) is 0 Å². The number of piperidine rings is 1. The standard InChI is InChI=1S/C30H40FN5O3S/c1-20(2)33(4)30(37)26-13-25(31)6-7-27(26)36-19-24(29-21(3)14-32-15-28(29)36)12-23-17-34(18-23)16-22-8-10-35(11-9-22)40(5,38)39/h6-7,13-15,19-20,22-23H,8-12,16-18H2,1-5H3. The smallest absolute Gasteiger partial charge is 0.256 e. The molecule has 216 valence electrons. The summed E-state index contributed by atoms with van der Waals surface area (Å²) < 4.78 is 41.6. The lowest BCUT2D eigenvalue weighted by molar-refractivity contribution is 0.0702. The summed E-state index contributed by atoms with van der Waals surface area (Å²) in [4.78, 5) is 21.9. The molecule has 8 nitrogen and oxygen atoms in total. The first kappa shape index (κ1) is 28.7. The molecule has 1 amide bonds. The maximum Gasteiger partial charge on any atom is 0.256 e. The van der Waals surface area contributed by atoms with Gasteiger partial charge in [-0.15, -0.1) is 0 Å². The Morgan fingerprint density at radius 3 is 2.50 bits per heavy atom. The van der Waals surface area contributed by atoms with Crippen LogP contribution in [0.25, 0.3) is 16.6 Å². The molecule has 0 atom stereocenters. The van der Waals surface area contributed by atoms with E-state index < -0.39 is 15.8 Å². The molecule has 0 bridgehead atoms. The molecule has 2 fully saturated rings. The van der Waals surface area contributed by atoms with Gasteiger partial charge in [0.2, 0.25) is 10.0 Å². The monoisotopic (exact) mass is 569 g/mol. The van der Waals surface area contributed by atoms with E-state index in [1.807, 2.05) is 30.8 Å². The molecule has 4 heterocycles. The third-order valence-corrected chi connectivity index (χ3v) is 9.93. The van der Waals surface area contributed by atoms with Gasteiger partial charge in [-0.3, -0.25) is 9.78 Å². The van der Waals surface area contributed by atoms with E-state index in [9.17, 15) is 17.6 Å². The third kappa shape index (κ3) is 5.80. The second kappa shape index (κ2) is 11.2. The zero-order valence-electron chi connectivity index (χ0n) is 24.1. The van der Waals surface area contributed by atoms with Crippen molar-refractivity contribution >= 4 is 26.8 Å². The molecule has 2 aromatic heterocycles. The van der Waals surface area contributed by atoms with Gasteiger partial charge in [0.1, 0.15) is 5.82 Å². The van der Waals surface area contributed by atoms with Gasteiger partial charge in [-0.2, -0.15) is 0 Å². The highest BCUT2D eigenvalue weighted by atomic mass is 32.2. The largest absolute Gasteiger partial charge is 0.339 e. The lowest BCUT2D eigenvalue weighted by Gasteiger charge is -2.42. The number of fused-ring (bicyclic) bond motifs is 1. The number of halogens is 1. The van der Waals surface area contributed by atoms with Crippen molar-refractivity contribution in [3.63, 3.8) is 0 Å². The Labute approximate surface area is 236 Å². The predicted octanol–water partition coefficient (Wildman–Crippen LogP) is 4.10. The summed E-state index contributed by atoms with van der Waals surface area (Å²) in [5, 5.41) is 1.14. The molecule has 0 N–H and O–H groups in total. The van der Waals surface area contributed by atoms with Crippen LogP contribution >= 0.6 is 0 Å². The van der Waals surface area contributed by atoms with Crippen LogP contribution in [0.4, 0.5) is 4.39 Å². The first-order valence-corrected chi connectivity index (χ1v) is 16.0.